The first-order valence-electron chi connectivity index (χ1n) is 7.00. The van der Waals surface area contributed by atoms with E-state index in [0.717, 1.165) is 5.56 Å². The number of anilines is 1. The third kappa shape index (κ3) is 5.09. The van der Waals surface area contributed by atoms with E-state index in [0.29, 0.717) is 23.9 Å². The van der Waals surface area contributed by atoms with Gasteiger partial charge in [0, 0.05) is 5.56 Å². The minimum absolute atomic E-state index is 0. The lowest BCUT2D eigenvalue weighted by molar-refractivity contribution is -0.117. The van der Waals surface area contributed by atoms with E-state index in [1.165, 1.54) is 0 Å². The Morgan fingerprint density at radius 1 is 1.18 bits per heavy atom. The van der Waals surface area contributed by atoms with Crippen LogP contribution >= 0.6 is 12.4 Å². The van der Waals surface area contributed by atoms with Crippen molar-refractivity contribution < 1.29 is 4.79 Å². The molecule has 118 valence electrons. The minimum atomic E-state index is -0.515. The first-order chi connectivity index (χ1) is 10.1. The first-order valence-corrected chi connectivity index (χ1v) is 7.00. The third-order valence-electron chi connectivity index (χ3n) is 3.01. The summed E-state index contributed by atoms with van der Waals surface area (Å²) in [6.45, 7) is 4.07. The average Bonchev–Trinajstić information content (AvgIpc) is 2.48. The molecule has 1 aromatic heterocycles. The maximum atomic E-state index is 11.9. The topological polar surface area (TPSA) is 80.9 Å². The fraction of sp³-hybridized carbons (Fsp3) is 0.312. The van der Waals surface area contributed by atoms with E-state index in [1.807, 2.05) is 44.2 Å². The molecule has 1 aromatic carbocycles. The molecule has 2 aromatic rings. The fourth-order valence-electron chi connectivity index (χ4n) is 1.98. The summed E-state index contributed by atoms with van der Waals surface area (Å²) in [6.07, 6.45) is 3.83. The predicted molar refractivity (Wildman–Crippen MR) is 90.8 cm³/mol. The van der Waals surface area contributed by atoms with Gasteiger partial charge < -0.3 is 11.1 Å². The summed E-state index contributed by atoms with van der Waals surface area (Å²) in [4.78, 5) is 20.4. The van der Waals surface area contributed by atoms with E-state index in [1.54, 1.807) is 12.4 Å². The van der Waals surface area contributed by atoms with Crippen molar-refractivity contribution in [2.75, 3.05) is 5.32 Å². The molecule has 0 saturated heterocycles. The van der Waals surface area contributed by atoms with Gasteiger partial charge in [-0.3, -0.25) is 4.79 Å². The van der Waals surface area contributed by atoms with Crippen molar-refractivity contribution in [3.05, 3.63) is 42.7 Å². The van der Waals surface area contributed by atoms with Crippen molar-refractivity contribution in [1.82, 2.24) is 9.97 Å². The number of rotatable bonds is 5. The van der Waals surface area contributed by atoms with Crippen molar-refractivity contribution in [2.24, 2.45) is 11.7 Å². The van der Waals surface area contributed by atoms with Crippen molar-refractivity contribution in [3.63, 3.8) is 0 Å². The number of nitrogens with one attached hydrogen (secondary N) is 1. The zero-order valence-electron chi connectivity index (χ0n) is 12.7. The van der Waals surface area contributed by atoms with Crippen LogP contribution in [0.2, 0.25) is 0 Å². The number of halogens is 1. The number of nitrogens with two attached hydrogens (primary N) is 1. The SMILES string of the molecule is CC(C)C[C@H](N)C(=O)Nc1cnc(-c2ccccc2)nc1.Cl. The molecule has 0 spiro atoms. The Labute approximate surface area is 136 Å². The van der Waals surface area contributed by atoms with Crippen LogP contribution in [0.4, 0.5) is 5.69 Å². The molecular weight excluding hydrogens is 300 g/mol. The largest absolute Gasteiger partial charge is 0.322 e. The molecule has 0 radical (unpaired) electrons. The van der Waals surface area contributed by atoms with Crippen LogP contribution in [0, 0.1) is 5.92 Å². The van der Waals surface area contributed by atoms with Gasteiger partial charge >= 0.3 is 0 Å². The number of aromatic nitrogens is 2. The molecule has 0 bridgehead atoms. The lowest BCUT2D eigenvalue weighted by Crippen LogP contribution is -2.36. The van der Waals surface area contributed by atoms with Crippen LogP contribution in [0.25, 0.3) is 11.4 Å². The highest BCUT2D eigenvalue weighted by Crippen LogP contribution is 2.15. The molecule has 1 atom stereocenters. The molecule has 22 heavy (non-hydrogen) atoms. The van der Waals surface area contributed by atoms with Gasteiger partial charge in [-0.1, -0.05) is 44.2 Å². The van der Waals surface area contributed by atoms with Gasteiger partial charge in [-0.2, -0.15) is 0 Å². The fourth-order valence-corrected chi connectivity index (χ4v) is 1.98. The van der Waals surface area contributed by atoms with E-state index in [-0.39, 0.29) is 18.3 Å². The number of amides is 1. The molecule has 0 fully saturated rings. The summed E-state index contributed by atoms with van der Waals surface area (Å²) in [5.74, 6) is 0.794. The smallest absolute Gasteiger partial charge is 0.241 e. The third-order valence-corrected chi connectivity index (χ3v) is 3.01. The second kappa shape index (κ2) is 8.46. The molecule has 0 aliphatic rings. The summed E-state index contributed by atoms with van der Waals surface area (Å²) >= 11 is 0. The van der Waals surface area contributed by atoms with E-state index in [2.05, 4.69) is 15.3 Å². The number of hydrogen-bond acceptors (Lipinski definition) is 4. The second-order valence-electron chi connectivity index (χ2n) is 5.39. The van der Waals surface area contributed by atoms with Crippen LogP contribution in [0.1, 0.15) is 20.3 Å². The molecule has 1 amide bonds. The summed E-state index contributed by atoms with van der Waals surface area (Å²) < 4.78 is 0. The summed E-state index contributed by atoms with van der Waals surface area (Å²) in [6, 6.07) is 9.16. The van der Waals surface area contributed by atoms with Gasteiger partial charge in [-0.05, 0) is 12.3 Å². The summed E-state index contributed by atoms with van der Waals surface area (Å²) in [5, 5.41) is 2.74. The van der Waals surface area contributed by atoms with Crippen LogP contribution in [-0.2, 0) is 4.79 Å². The van der Waals surface area contributed by atoms with E-state index in [9.17, 15) is 4.79 Å². The molecule has 0 saturated carbocycles. The Morgan fingerprint density at radius 3 is 2.32 bits per heavy atom. The number of carbonyl (C=O) groups excluding carboxylic acids is 1. The maximum absolute atomic E-state index is 11.9. The second-order valence-corrected chi connectivity index (χ2v) is 5.39. The Balaban J connectivity index is 0.00000242. The lowest BCUT2D eigenvalue weighted by atomic mass is 10.0. The van der Waals surface area contributed by atoms with Gasteiger partial charge in [-0.15, -0.1) is 12.4 Å². The van der Waals surface area contributed by atoms with Crippen molar-refractivity contribution >= 4 is 24.0 Å². The summed E-state index contributed by atoms with van der Waals surface area (Å²) in [7, 11) is 0. The molecule has 0 aliphatic carbocycles. The molecule has 1 heterocycles. The average molecular weight is 321 g/mol. The van der Waals surface area contributed by atoms with E-state index < -0.39 is 6.04 Å². The predicted octanol–water partition coefficient (Wildman–Crippen LogP) is 2.88. The Bertz CT molecular complexity index is 587. The van der Waals surface area contributed by atoms with Gasteiger partial charge in [-0.25, -0.2) is 9.97 Å². The molecular formula is C16H21ClN4O. The number of benzene rings is 1. The minimum Gasteiger partial charge on any atom is -0.322 e. The number of hydrogen-bond donors (Lipinski definition) is 2. The molecule has 6 heteroatoms. The molecule has 5 nitrogen and oxygen atoms in total. The van der Waals surface area contributed by atoms with Crippen molar-refractivity contribution in [2.45, 2.75) is 26.3 Å². The van der Waals surface area contributed by atoms with Crippen LogP contribution in [-0.4, -0.2) is 21.9 Å². The molecule has 0 aliphatic heterocycles. The normalized spacial score (nSPS) is 11.6. The quantitative estimate of drug-likeness (QED) is 0.887. The Hall–Kier alpha value is -1.98. The number of carbonyl (C=O) groups is 1. The van der Waals surface area contributed by atoms with E-state index >= 15 is 0 Å². The lowest BCUT2D eigenvalue weighted by Gasteiger charge is -2.13. The number of nitrogens with zero attached hydrogens (tertiary/aromatic N) is 2. The standard InChI is InChI=1S/C16H20N4O.ClH/c1-11(2)8-14(17)16(21)20-13-9-18-15(19-10-13)12-6-4-3-5-7-12;/h3-7,9-11,14H,8,17H2,1-2H3,(H,20,21);1H/t14-;/m0./s1. The monoisotopic (exact) mass is 320 g/mol. The van der Waals surface area contributed by atoms with Crippen LogP contribution in [0.3, 0.4) is 0 Å². The van der Waals surface area contributed by atoms with Crippen LogP contribution in [0.5, 0.6) is 0 Å². The first kappa shape index (κ1) is 18.1. The van der Waals surface area contributed by atoms with Crippen LogP contribution in [0.15, 0.2) is 42.7 Å². The van der Waals surface area contributed by atoms with Gasteiger partial charge in [0.1, 0.15) is 0 Å². The van der Waals surface area contributed by atoms with Gasteiger partial charge in [0.25, 0.3) is 0 Å². The molecule has 2 rings (SSSR count). The molecule has 0 unspecified atom stereocenters. The highest BCUT2D eigenvalue weighted by molar-refractivity contribution is 5.94. The zero-order chi connectivity index (χ0) is 15.2. The van der Waals surface area contributed by atoms with Gasteiger partial charge in [0.05, 0.1) is 24.1 Å². The highest BCUT2D eigenvalue weighted by atomic mass is 35.5. The maximum Gasteiger partial charge on any atom is 0.241 e. The highest BCUT2D eigenvalue weighted by Gasteiger charge is 2.15. The Morgan fingerprint density at radius 2 is 1.77 bits per heavy atom. The summed E-state index contributed by atoms with van der Waals surface area (Å²) in [5.41, 5.74) is 7.33. The zero-order valence-corrected chi connectivity index (χ0v) is 13.5. The Kier molecular flexibility index (Phi) is 6.95. The molecule has 3 N–H and O–H groups in total. The van der Waals surface area contributed by atoms with Crippen molar-refractivity contribution in [3.8, 4) is 11.4 Å². The van der Waals surface area contributed by atoms with Crippen LogP contribution < -0.4 is 11.1 Å². The van der Waals surface area contributed by atoms with Crippen molar-refractivity contribution in [1.29, 1.82) is 0 Å². The van der Waals surface area contributed by atoms with Gasteiger partial charge in [0.2, 0.25) is 5.91 Å². The van der Waals surface area contributed by atoms with Gasteiger partial charge in [0.15, 0.2) is 5.82 Å². The van der Waals surface area contributed by atoms with E-state index in [4.69, 9.17) is 5.73 Å².